The number of pyridine rings is 1. The van der Waals surface area contributed by atoms with Crippen molar-refractivity contribution in [3.63, 3.8) is 0 Å². The molecule has 2 fully saturated rings. The van der Waals surface area contributed by atoms with Crippen molar-refractivity contribution in [2.45, 2.75) is 37.8 Å². The van der Waals surface area contributed by atoms with Crippen LogP contribution in [-0.4, -0.2) is 46.4 Å². The Morgan fingerprint density at radius 2 is 1.81 bits per heavy atom. The normalized spacial score (nSPS) is 27.8. The molecule has 5 atom stereocenters. The molecule has 1 aliphatic heterocycles. The molecule has 4 nitrogen and oxygen atoms in total. The number of benzene rings is 1. The number of thioether (sulfide) groups is 1. The fourth-order valence-corrected chi connectivity index (χ4v) is 7.40. The van der Waals surface area contributed by atoms with Crippen molar-refractivity contribution in [1.82, 2.24) is 15.2 Å². The third-order valence-corrected chi connectivity index (χ3v) is 9.72. The lowest BCUT2D eigenvalue weighted by atomic mass is 9.68. The Labute approximate surface area is 232 Å². The minimum absolute atomic E-state index is 0.00280. The molecular formula is C29H33BrClN3OS. The summed E-state index contributed by atoms with van der Waals surface area (Å²) in [5.41, 5.74) is 2.06. The van der Waals surface area contributed by atoms with Crippen LogP contribution in [0.5, 0.6) is 0 Å². The van der Waals surface area contributed by atoms with Crippen LogP contribution in [0.15, 0.2) is 71.5 Å². The molecule has 36 heavy (non-hydrogen) atoms. The van der Waals surface area contributed by atoms with Crippen molar-refractivity contribution >= 4 is 45.2 Å². The van der Waals surface area contributed by atoms with E-state index in [1.807, 2.05) is 36.4 Å². The van der Waals surface area contributed by atoms with Gasteiger partial charge in [-0.05, 0) is 72.9 Å². The third-order valence-electron chi connectivity index (χ3n) is 7.94. The first-order valence-electron chi connectivity index (χ1n) is 12.9. The number of carbonyl (C=O) groups is 1. The summed E-state index contributed by atoms with van der Waals surface area (Å²) in [6.07, 6.45) is 14.4. The maximum Gasteiger partial charge on any atom is 0.224 e. The fraction of sp³-hybridized carbons (Fsp3) is 0.448. The van der Waals surface area contributed by atoms with Gasteiger partial charge in [0.05, 0.1) is 6.04 Å². The molecule has 2 aromatic rings. The molecule has 1 aromatic heterocycles. The van der Waals surface area contributed by atoms with Crippen molar-refractivity contribution in [2.75, 3.05) is 24.6 Å². The first-order chi connectivity index (χ1) is 17.6. The summed E-state index contributed by atoms with van der Waals surface area (Å²) in [5, 5.41) is 4.13. The van der Waals surface area contributed by atoms with Crippen molar-refractivity contribution in [2.24, 2.45) is 17.8 Å². The van der Waals surface area contributed by atoms with E-state index in [2.05, 4.69) is 61.1 Å². The van der Waals surface area contributed by atoms with Gasteiger partial charge >= 0.3 is 0 Å². The second-order valence-corrected chi connectivity index (χ2v) is 12.6. The van der Waals surface area contributed by atoms with Crippen LogP contribution >= 0.6 is 39.3 Å². The van der Waals surface area contributed by atoms with Crippen molar-refractivity contribution in [1.29, 1.82) is 0 Å². The fourth-order valence-electron chi connectivity index (χ4n) is 6.00. The van der Waals surface area contributed by atoms with E-state index in [9.17, 15) is 4.79 Å². The number of halogens is 2. The topological polar surface area (TPSA) is 45.2 Å². The van der Waals surface area contributed by atoms with Crippen LogP contribution in [0.2, 0.25) is 5.02 Å². The molecule has 0 spiro atoms. The summed E-state index contributed by atoms with van der Waals surface area (Å²) in [6.45, 7) is 2.34. The van der Waals surface area contributed by atoms with Gasteiger partial charge in [-0.2, -0.15) is 11.8 Å². The molecular weight excluding hydrogens is 554 g/mol. The van der Waals surface area contributed by atoms with Gasteiger partial charge in [-0.25, -0.2) is 0 Å². The summed E-state index contributed by atoms with van der Waals surface area (Å²) >= 11 is 11.8. The Morgan fingerprint density at radius 3 is 2.50 bits per heavy atom. The van der Waals surface area contributed by atoms with Crippen molar-refractivity contribution in [3.05, 3.63) is 87.7 Å². The summed E-state index contributed by atoms with van der Waals surface area (Å²) < 4.78 is 1.14. The Morgan fingerprint density at radius 1 is 1.08 bits per heavy atom. The molecule has 0 bridgehead atoms. The zero-order valence-corrected chi connectivity index (χ0v) is 23.5. The van der Waals surface area contributed by atoms with E-state index >= 15 is 0 Å². The summed E-state index contributed by atoms with van der Waals surface area (Å²) in [5.74, 6) is 3.31. The van der Waals surface area contributed by atoms with E-state index < -0.39 is 0 Å². The van der Waals surface area contributed by atoms with Gasteiger partial charge in [0.25, 0.3) is 0 Å². The molecule has 1 saturated carbocycles. The lowest BCUT2D eigenvalue weighted by molar-refractivity contribution is -0.129. The standard InChI is InChI=1S/C29H33BrClN3OS/c30-23-5-1-20(2-6-23)27-19-25(34-15-17-36-18-16-34)9-10-26(27)29(35)33-28(22-11-13-32-14-12-22)21-3-7-24(31)8-4-21/h1,3-8,11-14,20,25-28H,2,9-10,15-19H2,(H,33,35)/t20?,25-,26+,27-,28?/m0/s1. The number of nitrogens with one attached hydrogen (secondary N) is 1. The average Bonchev–Trinajstić information content (AvgIpc) is 2.93. The predicted octanol–water partition coefficient (Wildman–Crippen LogP) is 6.63. The van der Waals surface area contributed by atoms with Crippen molar-refractivity contribution in [3.8, 4) is 0 Å². The van der Waals surface area contributed by atoms with Gasteiger partial charge in [-0.15, -0.1) is 0 Å². The van der Waals surface area contributed by atoms with Crippen LogP contribution in [0.1, 0.15) is 42.9 Å². The molecule has 1 saturated heterocycles. The predicted molar refractivity (Wildman–Crippen MR) is 153 cm³/mol. The molecule has 3 aliphatic rings. The van der Waals surface area contributed by atoms with Crippen LogP contribution < -0.4 is 5.32 Å². The van der Waals surface area contributed by atoms with Gasteiger partial charge < -0.3 is 5.32 Å². The summed E-state index contributed by atoms with van der Waals surface area (Å²) in [7, 11) is 0. The molecule has 0 radical (unpaired) electrons. The number of aromatic nitrogens is 1. The summed E-state index contributed by atoms with van der Waals surface area (Å²) in [6, 6.07) is 12.1. The lowest BCUT2D eigenvalue weighted by Gasteiger charge is -2.44. The van der Waals surface area contributed by atoms with E-state index in [1.165, 1.54) is 24.6 Å². The smallest absolute Gasteiger partial charge is 0.224 e. The van der Waals surface area contributed by atoms with Gasteiger partial charge in [0, 0.05) is 58.5 Å². The minimum Gasteiger partial charge on any atom is -0.345 e. The number of hydrogen-bond donors (Lipinski definition) is 1. The maximum atomic E-state index is 14.0. The first-order valence-corrected chi connectivity index (χ1v) is 15.2. The third kappa shape index (κ3) is 6.27. The highest BCUT2D eigenvalue weighted by Crippen LogP contribution is 2.42. The van der Waals surface area contributed by atoms with Crippen LogP contribution in [-0.2, 0) is 4.79 Å². The monoisotopic (exact) mass is 585 g/mol. The number of allylic oxidation sites excluding steroid dienone is 4. The quantitative estimate of drug-likeness (QED) is 0.413. The number of hydrogen-bond acceptors (Lipinski definition) is 4. The molecule has 1 amide bonds. The van der Waals surface area contributed by atoms with E-state index in [0.29, 0.717) is 22.9 Å². The zero-order chi connectivity index (χ0) is 24.9. The van der Waals surface area contributed by atoms with Crippen LogP contribution in [0.25, 0.3) is 0 Å². The Kier molecular flexibility index (Phi) is 8.89. The first kappa shape index (κ1) is 26.0. The number of rotatable bonds is 6. The molecule has 5 rings (SSSR count). The number of carbonyl (C=O) groups excluding carboxylic acids is 1. The highest BCUT2D eigenvalue weighted by Gasteiger charge is 2.41. The summed E-state index contributed by atoms with van der Waals surface area (Å²) in [4.78, 5) is 20.9. The average molecular weight is 587 g/mol. The maximum absolute atomic E-state index is 14.0. The minimum atomic E-state index is -0.230. The molecule has 1 aromatic carbocycles. The van der Waals surface area contributed by atoms with Gasteiger partial charge in [0.15, 0.2) is 0 Å². The van der Waals surface area contributed by atoms with E-state index in [4.69, 9.17) is 11.6 Å². The van der Waals surface area contributed by atoms with Gasteiger partial charge in [0.1, 0.15) is 0 Å². The molecule has 2 unspecified atom stereocenters. The largest absolute Gasteiger partial charge is 0.345 e. The van der Waals surface area contributed by atoms with Gasteiger partial charge in [-0.3, -0.25) is 14.7 Å². The zero-order valence-electron chi connectivity index (χ0n) is 20.4. The van der Waals surface area contributed by atoms with Crippen LogP contribution in [0.3, 0.4) is 0 Å². The highest BCUT2D eigenvalue weighted by atomic mass is 79.9. The van der Waals surface area contributed by atoms with Gasteiger partial charge in [-0.1, -0.05) is 57.9 Å². The highest BCUT2D eigenvalue weighted by molar-refractivity contribution is 9.11. The molecule has 2 aliphatic carbocycles. The molecule has 190 valence electrons. The second kappa shape index (κ2) is 12.3. The molecule has 7 heteroatoms. The SMILES string of the molecule is O=C(NC(c1ccncc1)c1ccc(Cl)cc1)[C@@H]1CC[C@H](N2CCSCC2)C[C@H]1C1C=CC(Br)=CC1. The van der Waals surface area contributed by atoms with Crippen LogP contribution in [0, 0.1) is 17.8 Å². The Balaban J connectivity index is 1.38. The Hall–Kier alpha value is -1.60. The molecule has 1 N–H and O–H groups in total. The Bertz CT molecular complexity index is 1090. The number of nitrogens with zero attached hydrogens (tertiary/aromatic N) is 2. The van der Waals surface area contributed by atoms with Crippen molar-refractivity contribution < 1.29 is 4.79 Å². The second-order valence-electron chi connectivity index (χ2n) is 10.0. The lowest BCUT2D eigenvalue weighted by Crippen LogP contribution is -2.49. The number of amides is 1. The van der Waals surface area contributed by atoms with Crippen LogP contribution in [0.4, 0.5) is 0 Å². The molecule has 2 heterocycles. The van der Waals surface area contributed by atoms with E-state index in [1.54, 1.807) is 12.4 Å². The van der Waals surface area contributed by atoms with E-state index in [0.717, 1.165) is 41.3 Å². The van der Waals surface area contributed by atoms with E-state index in [-0.39, 0.29) is 17.9 Å². The van der Waals surface area contributed by atoms with Gasteiger partial charge in [0.2, 0.25) is 5.91 Å².